The van der Waals surface area contributed by atoms with Gasteiger partial charge >= 0.3 is 0 Å². The smallest absolute Gasteiger partial charge is 0.201 e. The van der Waals surface area contributed by atoms with Gasteiger partial charge < -0.3 is 10.3 Å². The number of hydrogen-bond donors (Lipinski definition) is 1. The van der Waals surface area contributed by atoms with Gasteiger partial charge in [0.2, 0.25) is 5.95 Å². The molecule has 0 aliphatic rings. The third-order valence-electron chi connectivity index (χ3n) is 2.80. The lowest BCUT2D eigenvalue weighted by Crippen LogP contribution is -2.05. The Labute approximate surface area is 95.5 Å². The van der Waals surface area contributed by atoms with Crippen LogP contribution >= 0.6 is 0 Å². The lowest BCUT2D eigenvalue weighted by Gasteiger charge is -2.10. The van der Waals surface area contributed by atoms with Gasteiger partial charge in [-0.2, -0.15) is 0 Å². The molecule has 0 saturated heterocycles. The van der Waals surface area contributed by atoms with E-state index < -0.39 is 0 Å². The first-order chi connectivity index (χ1) is 7.52. The molecule has 0 aliphatic carbocycles. The summed E-state index contributed by atoms with van der Waals surface area (Å²) in [6.07, 6.45) is 3.72. The zero-order chi connectivity index (χ0) is 11.9. The minimum atomic E-state index is 0.300. The molecule has 0 bridgehead atoms. The minimum Gasteiger partial charge on any atom is -0.369 e. The Morgan fingerprint density at radius 1 is 1.19 bits per heavy atom. The molecule has 16 heavy (non-hydrogen) atoms. The van der Waals surface area contributed by atoms with Crippen LogP contribution in [0.15, 0.2) is 12.4 Å². The van der Waals surface area contributed by atoms with E-state index in [0.29, 0.717) is 17.9 Å². The average Bonchev–Trinajstić information content (AvgIpc) is 2.52. The molecule has 0 saturated carbocycles. The Morgan fingerprint density at radius 2 is 1.88 bits per heavy atom. The van der Waals surface area contributed by atoms with E-state index in [4.69, 9.17) is 5.73 Å². The van der Waals surface area contributed by atoms with Crippen LogP contribution in [0.2, 0.25) is 0 Å². The number of aromatic nitrogens is 3. The summed E-state index contributed by atoms with van der Waals surface area (Å²) in [7, 11) is 0. The molecule has 0 unspecified atom stereocenters. The molecule has 0 spiro atoms. The number of anilines is 1. The maximum absolute atomic E-state index is 5.95. The molecule has 0 fully saturated rings. The summed E-state index contributed by atoms with van der Waals surface area (Å²) in [5, 5.41) is 0. The summed E-state index contributed by atoms with van der Waals surface area (Å²) in [6, 6.07) is 0.300. The maximum Gasteiger partial charge on any atom is 0.201 e. The topological polar surface area (TPSA) is 56.7 Å². The Bertz CT molecular complexity index is 511. The van der Waals surface area contributed by atoms with Gasteiger partial charge in [-0.25, -0.2) is 4.98 Å². The number of nitrogen functional groups attached to an aromatic ring is 1. The van der Waals surface area contributed by atoms with Gasteiger partial charge in [-0.1, -0.05) is 13.8 Å². The Balaban J connectivity index is 2.78. The fourth-order valence-corrected chi connectivity index (χ4v) is 2.01. The van der Waals surface area contributed by atoms with Gasteiger partial charge in [-0.05, 0) is 19.8 Å². The van der Waals surface area contributed by atoms with Crippen molar-refractivity contribution < 1.29 is 0 Å². The van der Waals surface area contributed by atoms with Crippen LogP contribution in [-0.2, 0) is 0 Å². The molecule has 2 aromatic rings. The summed E-state index contributed by atoms with van der Waals surface area (Å²) in [5.74, 6) is 0.978. The molecule has 4 nitrogen and oxygen atoms in total. The number of imidazole rings is 1. The normalized spacial score (nSPS) is 11.9. The van der Waals surface area contributed by atoms with E-state index in [0.717, 1.165) is 16.6 Å². The van der Waals surface area contributed by atoms with Gasteiger partial charge in [-0.15, -0.1) is 0 Å². The van der Waals surface area contributed by atoms with E-state index >= 15 is 0 Å². The summed E-state index contributed by atoms with van der Waals surface area (Å²) in [4.78, 5) is 8.73. The molecule has 0 aliphatic heterocycles. The Morgan fingerprint density at radius 3 is 2.44 bits per heavy atom. The highest BCUT2D eigenvalue weighted by Gasteiger charge is 2.15. The highest BCUT2D eigenvalue weighted by atomic mass is 15.2. The molecule has 0 aromatic carbocycles. The largest absolute Gasteiger partial charge is 0.369 e. The predicted octanol–water partition coefficient (Wildman–Crippen LogP) is 2.72. The van der Waals surface area contributed by atoms with Crippen molar-refractivity contribution in [3.05, 3.63) is 18.0 Å². The molecule has 0 radical (unpaired) electrons. The standard InChI is InChI=1S/C12H18N4/c1-7(2)9-5-14-6-10-11(9)15-12(13)16(10)8(3)4/h5-8H,1-4H3,(H2,13,15). The molecule has 2 aromatic heterocycles. The van der Waals surface area contributed by atoms with Crippen LogP contribution in [0.1, 0.15) is 45.2 Å². The first-order valence-corrected chi connectivity index (χ1v) is 5.63. The second kappa shape index (κ2) is 3.77. The molecule has 2 N–H and O–H groups in total. The van der Waals surface area contributed by atoms with E-state index in [1.807, 2.05) is 17.0 Å². The summed E-state index contributed by atoms with van der Waals surface area (Å²) < 4.78 is 2.02. The summed E-state index contributed by atoms with van der Waals surface area (Å²) in [5.41, 5.74) is 9.11. The SMILES string of the molecule is CC(C)c1cncc2c1nc(N)n2C(C)C. The zero-order valence-corrected chi connectivity index (χ0v) is 10.2. The number of nitrogens with two attached hydrogens (primary N) is 1. The van der Waals surface area contributed by atoms with Crippen molar-refractivity contribution in [3.8, 4) is 0 Å². The van der Waals surface area contributed by atoms with E-state index in [-0.39, 0.29) is 0 Å². The first-order valence-electron chi connectivity index (χ1n) is 5.63. The van der Waals surface area contributed by atoms with Gasteiger partial charge in [-0.3, -0.25) is 4.98 Å². The third kappa shape index (κ3) is 1.54. The van der Waals surface area contributed by atoms with E-state index in [2.05, 4.69) is 37.7 Å². The second-order valence-electron chi connectivity index (χ2n) is 4.68. The zero-order valence-electron chi connectivity index (χ0n) is 10.2. The molecule has 2 heterocycles. The van der Waals surface area contributed by atoms with E-state index in [1.54, 1.807) is 0 Å². The third-order valence-corrected chi connectivity index (χ3v) is 2.80. The van der Waals surface area contributed by atoms with Crippen molar-refractivity contribution >= 4 is 17.0 Å². The van der Waals surface area contributed by atoms with Crippen LogP contribution < -0.4 is 5.73 Å². The van der Waals surface area contributed by atoms with E-state index in [9.17, 15) is 0 Å². The molecule has 86 valence electrons. The summed E-state index contributed by atoms with van der Waals surface area (Å²) in [6.45, 7) is 8.47. The molecule has 0 amide bonds. The van der Waals surface area contributed by atoms with Crippen LogP contribution in [0, 0.1) is 0 Å². The molecule has 2 rings (SSSR count). The molecule has 0 atom stereocenters. The fraction of sp³-hybridized carbons (Fsp3) is 0.500. The molecular weight excluding hydrogens is 200 g/mol. The fourth-order valence-electron chi connectivity index (χ4n) is 2.01. The van der Waals surface area contributed by atoms with Gasteiger partial charge in [0.05, 0.1) is 17.2 Å². The highest BCUT2D eigenvalue weighted by molar-refractivity contribution is 5.81. The van der Waals surface area contributed by atoms with Crippen molar-refractivity contribution in [1.29, 1.82) is 0 Å². The van der Waals surface area contributed by atoms with Gasteiger partial charge in [0.25, 0.3) is 0 Å². The first kappa shape index (κ1) is 10.9. The van der Waals surface area contributed by atoms with Crippen LogP contribution in [0.3, 0.4) is 0 Å². The van der Waals surface area contributed by atoms with Crippen molar-refractivity contribution in [3.63, 3.8) is 0 Å². The molecular formula is C12H18N4. The van der Waals surface area contributed by atoms with Crippen molar-refractivity contribution in [2.45, 2.75) is 39.7 Å². The van der Waals surface area contributed by atoms with Gasteiger partial charge in [0.1, 0.15) is 0 Å². The summed E-state index contributed by atoms with van der Waals surface area (Å²) >= 11 is 0. The average molecular weight is 218 g/mol. The number of fused-ring (bicyclic) bond motifs is 1. The number of rotatable bonds is 2. The monoisotopic (exact) mass is 218 g/mol. The second-order valence-corrected chi connectivity index (χ2v) is 4.68. The molecule has 4 heteroatoms. The minimum absolute atomic E-state index is 0.300. The maximum atomic E-state index is 5.95. The van der Waals surface area contributed by atoms with E-state index in [1.165, 1.54) is 0 Å². The van der Waals surface area contributed by atoms with Crippen molar-refractivity contribution in [1.82, 2.24) is 14.5 Å². The van der Waals surface area contributed by atoms with Gasteiger partial charge in [0, 0.05) is 17.8 Å². The quantitative estimate of drug-likeness (QED) is 0.843. The predicted molar refractivity (Wildman–Crippen MR) is 66.4 cm³/mol. The number of hydrogen-bond acceptors (Lipinski definition) is 3. The number of nitrogens with zero attached hydrogens (tertiary/aromatic N) is 3. The highest BCUT2D eigenvalue weighted by Crippen LogP contribution is 2.27. The Hall–Kier alpha value is -1.58. The van der Waals surface area contributed by atoms with Crippen LogP contribution in [-0.4, -0.2) is 14.5 Å². The van der Waals surface area contributed by atoms with Crippen molar-refractivity contribution in [2.75, 3.05) is 5.73 Å². The lowest BCUT2D eigenvalue weighted by atomic mass is 10.0. The lowest BCUT2D eigenvalue weighted by molar-refractivity contribution is 0.626. The van der Waals surface area contributed by atoms with Crippen LogP contribution in [0.4, 0.5) is 5.95 Å². The van der Waals surface area contributed by atoms with Crippen LogP contribution in [0.5, 0.6) is 0 Å². The van der Waals surface area contributed by atoms with Crippen molar-refractivity contribution in [2.24, 2.45) is 0 Å². The number of pyridine rings is 1. The van der Waals surface area contributed by atoms with Gasteiger partial charge in [0.15, 0.2) is 0 Å². The Kier molecular flexibility index (Phi) is 2.58. The van der Waals surface area contributed by atoms with Crippen LogP contribution in [0.25, 0.3) is 11.0 Å².